The molecule has 0 saturated carbocycles. The molecule has 0 fully saturated rings. The van der Waals surface area contributed by atoms with Gasteiger partial charge in [0, 0.05) is 36.4 Å². The van der Waals surface area contributed by atoms with E-state index in [9.17, 15) is 9.18 Å². The summed E-state index contributed by atoms with van der Waals surface area (Å²) in [5.41, 5.74) is 4.65. The Hall–Kier alpha value is -2.27. The Morgan fingerprint density at radius 2 is 2.08 bits per heavy atom. The van der Waals surface area contributed by atoms with Crippen LogP contribution in [0.3, 0.4) is 0 Å². The maximum Gasteiger partial charge on any atom is 0.244 e. The third-order valence-corrected chi connectivity index (χ3v) is 5.10. The van der Waals surface area contributed by atoms with Crippen molar-refractivity contribution in [1.82, 2.24) is 10.6 Å². The second-order valence-electron chi connectivity index (χ2n) is 6.67. The van der Waals surface area contributed by atoms with Crippen LogP contribution < -0.4 is 10.6 Å². The summed E-state index contributed by atoms with van der Waals surface area (Å²) in [7, 11) is 1.93. The molecule has 4 nitrogen and oxygen atoms in total. The van der Waals surface area contributed by atoms with E-state index in [1.165, 1.54) is 17.2 Å². The fourth-order valence-corrected chi connectivity index (χ4v) is 3.99. The summed E-state index contributed by atoms with van der Waals surface area (Å²) in [6.07, 6.45) is 2.99. The monoisotopic (exact) mass is 325 g/mol. The standard InChI is InChI=1S/C19H20FN3O/c1-21-9-11-2-4-12(5-3-11)13-6-14-10-22-17(24)8-15-18(14)16(7-13)23-19(15)20/h2-5,8,13-14,21H,6-7,9-10H2,1H3,(H,22,24)/t13-,14+/m0/s1. The van der Waals surface area contributed by atoms with Crippen molar-refractivity contribution in [3.05, 3.63) is 58.3 Å². The summed E-state index contributed by atoms with van der Waals surface area (Å²) in [6, 6.07) is 8.58. The van der Waals surface area contributed by atoms with Gasteiger partial charge >= 0.3 is 0 Å². The molecule has 124 valence electrons. The van der Waals surface area contributed by atoms with Crippen molar-refractivity contribution in [2.45, 2.75) is 25.3 Å². The molecule has 0 aromatic heterocycles. The molecule has 1 aliphatic carbocycles. The normalized spacial score (nSPS) is 25.7. The van der Waals surface area contributed by atoms with Crippen molar-refractivity contribution in [2.75, 3.05) is 13.6 Å². The van der Waals surface area contributed by atoms with Crippen LogP contribution in [0.2, 0.25) is 0 Å². The van der Waals surface area contributed by atoms with Crippen molar-refractivity contribution in [3.63, 3.8) is 0 Å². The lowest BCUT2D eigenvalue weighted by Crippen LogP contribution is -2.29. The summed E-state index contributed by atoms with van der Waals surface area (Å²) in [5, 5.41) is 6.01. The highest BCUT2D eigenvalue weighted by Gasteiger charge is 2.38. The van der Waals surface area contributed by atoms with Crippen molar-refractivity contribution < 1.29 is 9.18 Å². The predicted octanol–water partition coefficient (Wildman–Crippen LogP) is 2.59. The van der Waals surface area contributed by atoms with Gasteiger partial charge in [-0.25, -0.2) is 4.99 Å². The van der Waals surface area contributed by atoms with E-state index >= 15 is 0 Å². The van der Waals surface area contributed by atoms with Gasteiger partial charge in [0.25, 0.3) is 0 Å². The van der Waals surface area contributed by atoms with Gasteiger partial charge in [-0.1, -0.05) is 24.3 Å². The van der Waals surface area contributed by atoms with Gasteiger partial charge < -0.3 is 10.6 Å². The lowest BCUT2D eigenvalue weighted by atomic mass is 9.75. The van der Waals surface area contributed by atoms with Gasteiger partial charge in [-0.2, -0.15) is 4.39 Å². The lowest BCUT2D eigenvalue weighted by molar-refractivity contribution is -0.116. The summed E-state index contributed by atoms with van der Waals surface area (Å²) in [4.78, 5) is 15.9. The topological polar surface area (TPSA) is 53.5 Å². The van der Waals surface area contributed by atoms with Crippen LogP contribution >= 0.6 is 0 Å². The van der Waals surface area contributed by atoms with E-state index in [0.29, 0.717) is 18.0 Å². The molecular weight excluding hydrogens is 305 g/mol. The van der Waals surface area contributed by atoms with Crippen LogP contribution in [0.5, 0.6) is 0 Å². The van der Waals surface area contributed by atoms with E-state index in [2.05, 4.69) is 39.9 Å². The molecule has 0 spiro atoms. The third kappa shape index (κ3) is 2.59. The first-order valence-corrected chi connectivity index (χ1v) is 8.36. The molecule has 0 unspecified atom stereocenters. The number of hydrogen-bond donors (Lipinski definition) is 2. The van der Waals surface area contributed by atoms with E-state index in [0.717, 1.165) is 30.7 Å². The maximum absolute atomic E-state index is 14.2. The molecule has 2 heterocycles. The second kappa shape index (κ2) is 5.98. The number of nitrogens with one attached hydrogen (secondary N) is 2. The fourth-order valence-electron chi connectivity index (χ4n) is 3.99. The van der Waals surface area contributed by atoms with Gasteiger partial charge in [-0.3, -0.25) is 4.79 Å². The van der Waals surface area contributed by atoms with Crippen molar-refractivity contribution >= 4 is 11.9 Å². The number of carbonyl (C=O) groups excluding carboxylic acids is 1. The van der Waals surface area contributed by atoms with Crippen molar-refractivity contribution in [1.29, 1.82) is 0 Å². The molecule has 0 saturated heterocycles. The maximum atomic E-state index is 14.2. The Balaban J connectivity index is 1.64. The number of rotatable bonds is 3. The molecule has 0 radical (unpaired) electrons. The number of benzene rings is 1. The quantitative estimate of drug-likeness (QED) is 0.897. The number of amides is 1. The molecule has 2 N–H and O–H groups in total. The summed E-state index contributed by atoms with van der Waals surface area (Å²) < 4.78 is 14.2. The summed E-state index contributed by atoms with van der Waals surface area (Å²) in [6.45, 7) is 1.40. The van der Waals surface area contributed by atoms with Gasteiger partial charge in [-0.15, -0.1) is 0 Å². The van der Waals surface area contributed by atoms with E-state index < -0.39 is 5.97 Å². The molecule has 1 aromatic carbocycles. The first-order valence-electron chi connectivity index (χ1n) is 8.36. The van der Waals surface area contributed by atoms with Gasteiger partial charge in [-0.05, 0) is 42.5 Å². The van der Waals surface area contributed by atoms with Crippen molar-refractivity contribution in [3.8, 4) is 0 Å². The molecular formula is C19H20FN3O. The minimum absolute atomic E-state index is 0.130. The van der Waals surface area contributed by atoms with Crippen LogP contribution in [-0.4, -0.2) is 25.5 Å². The average Bonchev–Trinajstić information content (AvgIpc) is 2.78. The number of aliphatic imine (C=N–C) groups is 1. The third-order valence-electron chi connectivity index (χ3n) is 5.10. The van der Waals surface area contributed by atoms with Crippen LogP contribution in [0.25, 0.3) is 0 Å². The van der Waals surface area contributed by atoms with Gasteiger partial charge in [0.1, 0.15) is 0 Å². The largest absolute Gasteiger partial charge is 0.352 e. The molecule has 2 atom stereocenters. The van der Waals surface area contributed by atoms with E-state index in [4.69, 9.17) is 0 Å². The van der Waals surface area contributed by atoms with Crippen LogP contribution in [0.1, 0.15) is 29.9 Å². The molecule has 3 aliphatic rings. The lowest BCUT2D eigenvalue weighted by Gasteiger charge is -2.30. The van der Waals surface area contributed by atoms with Crippen LogP contribution in [0.15, 0.2) is 52.2 Å². The molecule has 24 heavy (non-hydrogen) atoms. The van der Waals surface area contributed by atoms with E-state index in [1.54, 1.807) is 0 Å². The summed E-state index contributed by atoms with van der Waals surface area (Å²) >= 11 is 0. The molecule has 4 rings (SSSR count). The van der Waals surface area contributed by atoms with Gasteiger partial charge in [0.05, 0.1) is 0 Å². The molecule has 1 aromatic rings. The molecule has 0 bridgehead atoms. The van der Waals surface area contributed by atoms with Gasteiger partial charge in [0.15, 0.2) is 0 Å². The zero-order valence-electron chi connectivity index (χ0n) is 13.6. The first kappa shape index (κ1) is 15.3. The van der Waals surface area contributed by atoms with Crippen LogP contribution in [-0.2, 0) is 11.3 Å². The Morgan fingerprint density at radius 3 is 2.83 bits per heavy atom. The highest BCUT2D eigenvalue weighted by molar-refractivity contribution is 6.07. The number of allylic oxidation sites excluding steroid dienone is 2. The summed E-state index contributed by atoms with van der Waals surface area (Å²) in [5.74, 6) is -0.299. The molecule has 1 amide bonds. The average molecular weight is 325 g/mol. The number of halogens is 1. The molecule has 5 heteroatoms. The number of hydrogen-bond acceptors (Lipinski definition) is 3. The minimum Gasteiger partial charge on any atom is -0.352 e. The Kier molecular flexibility index (Phi) is 3.81. The first-order chi connectivity index (χ1) is 11.7. The van der Waals surface area contributed by atoms with E-state index in [1.807, 2.05) is 7.05 Å². The second-order valence-corrected chi connectivity index (χ2v) is 6.67. The highest BCUT2D eigenvalue weighted by Crippen LogP contribution is 2.46. The fraction of sp³-hybridized carbons (Fsp3) is 0.368. The SMILES string of the molecule is CNCc1ccc([C@@H]2CC3=C4C(=CC(=O)NC[C@H]4C2)C(F)=N3)cc1. The highest BCUT2D eigenvalue weighted by atomic mass is 19.1. The van der Waals surface area contributed by atoms with Crippen LogP contribution in [0.4, 0.5) is 4.39 Å². The van der Waals surface area contributed by atoms with Crippen LogP contribution in [0, 0.1) is 5.92 Å². The predicted molar refractivity (Wildman–Crippen MR) is 91.3 cm³/mol. The number of nitrogens with zero attached hydrogens (tertiary/aromatic N) is 1. The Labute approximate surface area is 140 Å². The zero-order valence-corrected chi connectivity index (χ0v) is 13.6. The number of carbonyl (C=O) groups is 1. The van der Waals surface area contributed by atoms with Crippen molar-refractivity contribution in [2.24, 2.45) is 10.9 Å². The molecule has 2 aliphatic heterocycles. The smallest absolute Gasteiger partial charge is 0.244 e. The van der Waals surface area contributed by atoms with E-state index in [-0.39, 0.29) is 11.8 Å². The Morgan fingerprint density at radius 1 is 1.29 bits per heavy atom. The Bertz CT molecular complexity index is 776. The minimum atomic E-state index is -0.507. The van der Waals surface area contributed by atoms with Gasteiger partial charge in [0.2, 0.25) is 11.9 Å². The zero-order chi connectivity index (χ0) is 16.7.